The molecule has 1 rings (SSSR count). The maximum atomic E-state index is 13.1. The first-order chi connectivity index (χ1) is 8.51. The molecule has 108 valence electrons. The minimum Gasteiger partial charge on any atom is -0.383 e. The molecule has 7 heteroatoms. The number of hydrogen-bond donors (Lipinski definition) is 2. The zero-order valence-corrected chi connectivity index (χ0v) is 14.7. The molecule has 0 bridgehead atoms. The second-order valence-corrected chi connectivity index (χ2v) is 4.90. The minimum absolute atomic E-state index is 0. The van der Waals surface area contributed by atoms with E-state index >= 15 is 0 Å². The number of ether oxygens (including phenoxy) is 1. The Morgan fingerprint density at radius 1 is 1.53 bits per heavy atom. The summed E-state index contributed by atoms with van der Waals surface area (Å²) in [6.07, 6.45) is 0. The second-order valence-electron chi connectivity index (χ2n) is 3.98. The maximum absolute atomic E-state index is 13.1. The summed E-state index contributed by atoms with van der Waals surface area (Å²) in [5.74, 6) is 0.0220. The van der Waals surface area contributed by atoms with Crippen LogP contribution in [0.5, 0.6) is 0 Å². The Balaban J connectivity index is 0.00000324. The van der Waals surface area contributed by atoms with E-state index in [1.54, 1.807) is 13.2 Å². The third kappa shape index (κ3) is 7.68. The third-order valence-corrected chi connectivity index (χ3v) is 2.62. The first-order valence-electron chi connectivity index (χ1n) is 5.51. The van der Waals surface area contributed by atoms with Crippen LogP contribution in [0.25, 0.3) is 0 Å². The topological polar surface area (TPSA) is 59.6 Å². The van der Waals surface area contributed by atoms with Crippen LogP contribution in [0.4, 0.5) is 4.39 Å². The molecule has 0 saturated carbocycles. The fourth-order valence-electron chi connectivity index (χ4n) is 1.47. The summed E-state index contributed by atoms with van der Waals surface area (Å²) in [4.78, 5) is 4.14. The van der Waals surface area contributed by atoms with Crippen molar-refractivity contribution in [1.29, 1.82) is 0 Å². The first kappa shape index (κ1) is 18.6. The molecule has 0 spiro atoms. The molecular weight excluding hydrogens is 428 g/mol. The highest BCUT2D eigenvalue weighted by Gasteiger charge is 2.02. The lowest BCUT2D eigenvalue weighted by atomic mass is 10.2. The summed E-state index contributed by atoms with van der Waals surface area (Å²) in [5.41, 5.74) is 6.46. The standard InChI is InChI=1S/C12H17BrFN3O.HI/c1-8(7-18-2)17-12(15)16-6-9-3-10(13)5-11(14)4-9;/h3-5,8H,6-7H2,1-2H3,(H3,15,16,17);1H. The number of rotatable bonds is 5. The van der Waals surface area contributed by atoms with Gasteiger partial charge in [0.25, 0.3) is 0 Å². The summed E-state index contributed by atoms with van der Waals surface area (Å²) in [7, 11) is 1.62. The van der Waals surface area contributed by atoms with Crippen molar-refractivity contribution in [2.24, 2.45) is 10.7 Å². The monoisotopic (exact) mass is 445 g/mol. The molecule has 0 aliphatic rings. The molecule has 3 N–H and O–H groups in total. The lowest BCUT2D eigenvalue weighted by Crippen LogP contribution is -2.40. The molecule has 1 aromatic rings. The number of nitrogens with two attached hydrogens (primary N) is 1. The second kappa shape index (κ2) is 9.49. The van der Waals surface area contributed by atoms with Crippen LogP contribution in [0.1, 0.15) is 12.5 Å². The van der Waals surface area contributed by atoms with Gasteiger partial charge in [-0.1, -0.05) is 15.9 Å². The average molecular weight is 446 g/mol. The zero-order valence-electron chi connectivity index (χ0n) is 10.8. The molecule has 19 heavy (non-hydrogen) atoms. The molecule has 1 unspecified atom stereocenters. The van der Waals surface area contributed by atoms with Crippen LogP contribution in [0.3, 0.4) is 0 Å². The highest BCUT2D eigenvalue weighted by Crippen LogP contribution is 2.15. The Morgan fingerprint density at radius 2 is 2.21 bits per heavy atom. The Hall–Kier alpha value is -0.410. The lowest BCUT2D eigenvalue weighted by molar-refractivity contribution is 0.179. The first-order valence-corrected chi connectivity index (χ1v) is 6.31. The number of hydrogen-bond acceptors (Lipinski definition) is 2. The van der Waals surface area contributed by atoms with E-state index in [1.807, 2.05) is 6.92 Å². The molecule has 0 radical (unpaired) electrons. The molecule has 0 fully saturated rings. The van der Waals surface area contributed by atoms with Gasteiger partial charge in [-0.2, -0.15) is 0 Å². The van der Waals surface area contributed by atoms with Gasteiger partial charge in [0.05, 0.1) is 13.2 Å². The predicted octanol–water partition coefficient (Wildman–Crippen LogP) is 2.65. The largest absolute Gasteiger partial charge is 0.383 e. The van der Waals surface area contributed by atoms with Gasteiger partial charge in [0, 0.05) is 17.6 Å². The van der Waals surface area contributed by atoms with Crippen molar-refractivity contribution in [3.63, 3.8) is 0 Å². The summed E-state index contributed by atoms with van der Waals surface area (Å²) in [6.45, 7) is 2.81. The van der Waals surface area contributed by atoms with Gasteiger partial charge in [-0.05, 0) is 30.7 Å². The summed E-state index contributed by atoms with van der Waals surface area (Å²) >= 11 is 3.23. The highest BCUT2D eigenvalue weighted by atomic mass is 127. The van der Waals surface area contributed by atoms with E-state index in [-0.39, 0.29) is 35.8 Å². The summed E-state index contributed by atoms with van der Waals surface area (Å²) in [5, 5.41) is 2.98. The van der Waals surface area contributed by atoms with Gasteiger partial charge in [0.2, 0.25) is 0 Å². The quantitative estimate of drug-likeness (QED) is 0.416. The van der Waals surface area contributed by atoms with Crippen molar-refractivity contribution in [3.8, 4) is 0 Å². The Bertz CT molecular complexity index is 411. The van der Waals surface area contributed by atoms with Crippen molar-refractivity contribution in [1.82, 2.24) is 5.32 Å². The van der Waals surface area contributed by atoms with E-state index in [0.29, 0.717) is 23.6 Å². The lowest BCUT2D eigenvalue weighted by Gasteiger charge is -2.13. The third-order valence-electron chi connectivity index (χ3n) is 2.17. The molecule has 0 heterocycles. The smallest absolute Gasteiger partial charge is 0.189 e. The van der Waals surface area contributed by atoms with Crippen LogP contribution in [-0.4, -0.2) is 25.7 Å². The predicted molar refractivity (Wildman–Crippen MR) is 89.3 cm³/mol. The Labute approximate surface area is 138 Å². The van der Waals surface area contributed by atoms with Crippen LogP contribution in [0.15, 0.2) is 27.7 Å². The van der Waals surface area contributed by atoms with E-state index in [1.165, 1.54) is 12.1 Å². The van der Waals surface area contributed by atoms with Gasteiger partial charge in [-0.15, -0.1) is 24.0 Å². The molecule has 1 atom stereocenters. The van der Waals surface area contributed by atoms with Gasteiger partial charge < -0.3 is 15.8 Å². The normalized spacial score (nSPS) is 12.7. The number of methoxy groups -OCH3 is 1. The fourth-order valence-corrected chi connectivity index (χ4v) is 1.98. The zero-order chi connectivity index (χ0) is 13.5. The Kier molecular flexibility index (Phi) is 9.28. The summed E-state index contributed by atoms with van der Waals surface area (Å²) in [6, 6.07) is 4.71. The van der Waals surface area contributed by atoms with Crippen molar-refractivity contribution in [2.75, 3.05) is 13.7 Å². The van der Waals surface area contributed by atoms with E-state index in [4.69, 9.17) is 10.5 Å². The van der Waals surface area contributed by atoms with E-state index in [9.17, 15) is 4.39 Å². The van der Waals surface area contributed by atoms with Gasteiger partial charge in [-0.25, -0.2) is 9.38 Å². The molecule has 0 saturated heterocycles. The molecule has 0 aliphatic heterocycles. The average Bonchev–Trinajstić information content (AvgIpc) is 2.25. The molecular formula is C12H18BrFIN3O. The van der Waals surface area contributed by atoms with E-state index < -0.39 is 0 Å². The number of benzene rings is 1. The molecule has 0 aliphatic carbocycles. The molecule has 0 aromatic heterocycles. The highest BCUT2D eigenvalue weighted by molar-refractivity contribution is 14.0. The van der Waals surface area contributed by atoms with Gasteiger partial charge in [-0.3, -0.25) is 0 Å². The number of halogens is 3. The number of guanidine groups is 1. The maximum Gasteiger partial charge on any atom is 0.189 e. The van der Waals surface area contributed by atoms with Crippen molar-refractivity contribution in [3.05, 3.63) is 34.1 Å². The van der Waals surface area contributed by atoms with Gasteiger partial charge >= 0.3 is 0 Å². The SMILES string of the molecule is COCC(C)NC(N)=NCc1cc(F)cc(Br)c1.I. The molecule has 1 aromatic carbocycles. The van der Waals surface area contributed by atoms with Gasteiger partial charge in [0.1, 0.15) is 5.82 Å². The van der Waals surface area contributed by atoms with Crippen LogP contribution in [-0.2, 0) is 11.3 Å². The number of aliphatic imine (C=N–C) groups is 1. The number of nitrogens with zero attached hydrogens (tertiary/aromatic N) is 1. The van der Waals surface area contributed by atoms with Gasteiger partial charge in [0.15, 0.2) is 5.96 Å². The fraction of sp³-hybridized carbons (Fsp3) is 0.417. The van der Waals surface area contributed by atoms with Crippen molar-refractivity contribution in [2.45, 2.75) is 19.5 Å². The van der Waals surface area contributed by atoms with Crippen LogP contribution < -0.4 is 11.1 Å². The Morgan fingerprint density at radius 3 is 2.79 bits per heavy atom. The molecule has 0 amide bonds. The van der Waals surface area contributed by atoms with E-state index in [0.717, 1.165) is 5.56 Å². The minimum atomic E-state index is -0.297. The van der Waals surface area contributed by atoms with E-state index in [2.05, 4.69) is 26.2 Å². The van der Waals surface area contributed by atoms with Crippen molar-refractivity contribution < 1.29 is 9.13 Å². The van der Waals surface area contributed by atoms with Crippen molar-refractivity contribution >= 4 is 45.9 Å². The molecule has 4 nitrogen and oxygen atoms in total. The van der Waals surface area contributed by atoms with Crippen LogP contribution >= 0.6 is 39.9 Å². The van der Waals surface area contributed by atoms with Crippen LogP contribution in [0.2, 0.25) is 0 Å². The van der Waals surface area contributed by atoms with Crippen LogP contribution in [0, 0.1) is 5.82 Å². The summed E-state index contributed by atoms with van der Waals surface area (Å²) < 4.78 is 18.8. The number of nitrogens with one attached hydrogen (secondary N) is 1.